The van der Waals surface area contributed by atoms with Crippen LogP contribution in [0.15, 0.2) is 12.1 Å². The van der Waals surface area contributed by atoms with Crippen molar-refractivity contribution in [3.8, 4) is 0 Å². The van der Waals surface area contributed by atoms with Gasteiger partial charge in [0, 0.05) is 31.3 Å². The van der Waals surface area contributed by atoms with Gasteiger partial charge in [-0.05, 0) is 50.6 Å². The molecular weight excluding hydrogens is 458 g/mol. The number of fused-ring (bicyclic) bond motifs is 3. The van der Waals surface area contributed by atoms with Gasteiger partial charge in [-0.25, -0.2) is 4.79 Å². The van der Waals surface area contributed by atoms with Crippen molar-refractivity contribution >= 4 is 40.7 Å². The lowest BCUT2D eigenvalue weighted by molar-refractivity contribution is -0.181. The normalized spacial score (nSPS) is 32.1. The molecule has 3 aliphatic carbocycles. The Morgan fingerprint density at radius 2 is 1.69 bits per heavy atom. The van der Waals surface area contributed by atoms with E-state index in [-0.39, 0.29) is 24.0 Å². The predicted octanol–water partition coefficient (Wildman–Crippen LogP) is -1.07. The quantitative estimate of drug-likeness (QED) is 0.445. The maximum Gasteiger partial charge on any atom is 0.335 e. The van der Waals surface area contributed by atoms with Gasteiger partial charge in [-0.2, -0.15) is 0 Å². The van der Waals surface area contributed by atoms with Gasteiger partial charge in [0.05, 0.1) is 17.5 Å². The topological polar surface area (TPSA) is 175 Å². The van der Waals surface area contributed by atoms with Crippen molar-refractivity contribution in [3.05, 3.63) is 28.8 Å². The standard InChI is InChI=1S/C24H27N3O8/c1-26(2)14-8-10(23(33)34)6-12-11(14)5-9-7-13-17(27(3)4)19(29)16(22(25)32)21(31)24(13,35)20(30)15(9)18(12)28/h6,8-9,13,15-17,35H,5,7H2,1-4H3,(H2,25,32)(H,33,34)/t9?,13?,15?,16?,17-,24-/m0/s1. The van der Waals surface area contributed by atoms with E-state index in [0.29, 0.717) is 11.3 Å². The van der Waals surface area contributed by atoms with Gasteiger partial charge < -0.3 is 20.8 Å². The van der Waals surface area contributed by atoms with Crippen molar-refractivity contribution in [1.82, 2.24) is 4.90 Å². The molecule has 1 amide bonds. The Labute approximate surface area is 200 Å². The van der Waals surface area contributed by atoms with E-state index in [4.69, 9.17) is 5.73 Å². The fourth-order valence-electron chi connectivity index (χ4n) is 6.11. The number of hydrogen-bond donors (Lipinski definition) is 3. The van der Waals surface area contributed by atoms with Gasteiger partial charge >= 0.3 is 5.97 Å². The van der Waals surface area contributed by atoms with Gasteiger partial charge in [-0.3, -0.25) is 28.9 Å². The summed E-state index contributed by atoms with van der Waals surface area (Å²) in [5, 5.41) is 21.1. The fourth-order valence-corrected chi connectivity index (χ4v) is 6.11. The SMILES string of the molecule is CN(C)c1cc(C(=O)O)cc2c1CC1CC3[C@H](N(C)C)C(=O)C(C(N)=O)C(=O)[C@@]3(O)C(=O)C1C2=O. The van der Waals surface area contributed by atoms with Crippen LogP contribution in [0.25, 0.3) is 0 Å². The Hall–Kier alpha value is -3.44. The summed E-state index contributed by atoms with van der Waals surface area (Å²) in [6.45, 7) is 0. The van der Waals surface area contributed by atoms with Gasteiger partial charge in [-0.1, -0.05) is 0 Å². The molecule has 0 heterocycles. The van der Waals surface area contributed by atoms with E-state index in [2.05, 4.69) is 0 Å². The first-order valence-corrected chi connectivity index (χ1v) is 11.2. The third-order valence-electron chi connectivity index (χ3n) is 7.63. The number of amides is 1. The van der Waals surface area contributed by atoms with Crippen LogP contribution in [0, 0.1) is 23.7 Å². The van der Waals surface area contributed by atoms with Crippen LogP contribution in [0.3, 0.4) is 0 Å². The number of carbonyl (C=O) groups excluding carboxylic acids is 5. The highest BCUT2D eigenvalue weighted by Gasteiger charge is 2.69. The summed E-state index contributed by atoms with van der Waals surface area (Å²) >= 11 is 0. The number of aromatic carboxylic acids is 1. The fraction of sp³-hybridized carbons (Fsp3) is 0.500. The number of primary amides is 1. The van der Waals surface area contributed by atoms with Crippen LogP contribution >= 0.6 is 0 Å². The molecule has 11 heteroatoms. The number of anilines is 1. The number of carboxylic acids is 1. The number of likely N-dealkylation sites (N-methyl/N-ethyl adjacent to an activating group) is 1. The number of carbonyl (C=O) groups is 6. The number of benzene rings is 1. The van der Waals surface area contributed by atoms with Gasteiger partial charge in [0.25, 0.3) is 0 Å². The Kier molecular flexibility index (Phi) is 5.68. The Bertz CT molecular complexity index is 1210. The minimum atomic E-state index is -2.74. The molecule has 35 heavy (non-hydrogen) atoms. The zero-order valence-electron chi connectivity index (χ0n) is 19.8. The van der Waals surface area contributed by atoms with Crippen molar-refractivity contribution in [1.29, 1.82) is 0 Å². The van der Waals surface area contributed by atoms with Crippen LogP contribution in [0.2, 0.25) is 0 Å². The third kappa shape index (κ3) is 3.33. The monoisotopic (exact) mass is 485 g/mol. The average molecular weight is 485 g/mol. The molecule has 1 aromatic carbocycles. The molecule has 1 aromatic rings. The molecule has 3 aliphatic rings. The molecule has 0 aromatic heterocycles. The molecular formula is C24H27N3O8. The molecule has 4 rings (SSSR count). The van der Waals surface area contributed by atoms with E-state index in [0.717, 1.165) is 0 Å². The minimum Gasteiger partial charge on any atom is -0.478 e. The first-order chi connectivity index (χ1) is 16.2. The Balaban J connectivity index is 1.89. The second-order valence-corrected chi connectivity index (χ2v) is 10.0. The molecule has 2 saturated carbocycles. The highest BCUT2D eigenvalue weighted by molar-refractivity contribution is 6.32. The van der Waals surface area contributed by atoms with Crippen molar-refractivity contribution in [2.45, 2.75) is 24.5 Å². The molecule has 0 radical (unpaired) electrons. The largest absolute Gasteiger partial charge is 0.478 e. The van der Waals surface area contributed by atoms with Crippen molar-refractivity contribution in [2.75, 3.05) is 33.1 Å². The highest BCUT2D eigenvalue weighted by atomic mass is 16.4. The number of hydrogen-bond acceptors (Lipinski definition) is 9. The summed E-state index contributed by atoms with van der Waals surface area (Å²) < 4.78 is 0. The molecule has 0 spiro atoms. The smallest absolute Gasteiger partial charge is 0.335 e. The highest BCUT2D eigenvalue weighted by Crippen LogP contribution is 2.50. The molecule has 186 valence electrons. The average Bonchev–Trinajstić information content (AvgIpc) is 2.75. The van der Waals surface area contributed by atoms with Crippen LogP contribution in [0.5, 0.6) is 0 Å². The zero-order valence-corrected chi connectivity index (χ0v) is 19.8. The van der Waals surface area contributed by atoms with E-state index in [1.807, 2.05) is 0 Å². The van der Waals surface area contributed by atoms with Crippen molar-refractivity contribution < 1.29 is 39.0 Å². The lowest BCUT2D eigenvalue weighted by Crippen LogP contribution is -2.74. The predicted molar refractivity (Wildman–Crippen MR) is 121 cm³/mol. The summed E-state index contributed by atoms with van der Waals surface area (Å²) in [5.41, 5.74) is 3.53. The zero-order chi connectivity index (χ0) is 26.1. The molecule has 4 N–H and O–H groups in total. The number of nitrogens with zero attached hydrogens (tertiary/aromatic N) is 2. The number of aliphatic hydroxyl groups is 1. The summed E-state index contributed by atoms with van der Waals surface area (Å²) in [4.78, 5) is 80.4. The molecule has 4 unspecified atom stereocenters. The lowest BCUT2D eigenvalue weighted by atomic mass is 9.52. The molecule has 0 saturated heterocycles. The first-order valence-electron chi connectivity index (χ1n) is 11.2. The third-order valence-corrected chi connectivity index (χ3v) is 7.63. The summed E-state index contributed by atoms with van der Waals surface area (Å²) in [6.07, 6.45) is 0.205. The molecule has 11 nitrogen and oxygen atoms in total. The summed E-state index contributed by atoms with van der Waals surface area (Å²) in [5.74, 6) is -11.6. The summed E-state index contributed by atoms with van der Waals surface area (Å²) in [6, 6.07) is 1.51. The molecule has 0 aliphatic heterocycles. The maximum atomic E-state index is 13.7. The van der Waals surface area contributed by atoms with Crippen molar-refractivity contribution in [2.24, 2.45) is 29.4 Å². The number of rotatable bonds is 4. The van der Waals surface area contributed by atoms with Gasteiger partial charge in [-0.15, -0.1) is 0 Å². The van der Waals surface area contributed by atoms with Crippen LogP contribution < -0.4 is 10.6 Å². The second kappa shape index (κ2) is 8.06. The van der Waals surface area contributed by atoms with Crippen molar-refractivity contribution in [3.63, 3.8) is 0 Å². The van der Waals surface area contributed by atoms with Crippen LogP contribution in [0.4, 0.5) is 5.69 Å². The van der Waals surface area contributed by atoms with Crippen LogP contribution in [-0.4, -0.2) is 90.0 Å². The number of carboxylic acid groups (broad SMARTS) is 1. The van der Waals surface area contributed by atoms with Crippen LogP contribution in [-0.2, 0) is 25.6 Å². The summed E-state index contributed by atoms with van der Waals surface area (Å²) in [7, 11) is 6.47. The van der Waals surface area contributed by atoms with E-state index in [9.17, 15) is 39.0 Å². The Morgan fingerprint density at radius 1 is 1.06 bits per heavy atom. The number of nitrogens with two attached hydrogens (primary N) is 1. The van der Waals surface area contributed by atoms with E-state index < -0.39 is 70.3 Å². The molecule has 2 fully saturated rings. The minimum absolute atomic E-state index is 0.00253. The van der Waals surface area contributed by atoms with E-state index >= 15 is 0 Å². The molecule has 6 atom stereocenters. The van der Waals surface area contributed by atoms with E-state index in [1.54, 1.807) is 19.0 Å². The number of Topliss-reactive ketones (excluding diaryl/α,β-unsaturated/α-hetero) is 4. The van der Waals surface area contributed by atoms with Crippen LogP contribution in [0.1, 0.15) is 32.7 Å². The Morgan fingerprint density at radius 3 is 2.20 bits per heavy atom. The second-order valence-electron chi connectivity index (χ2n) is 10.0. The van der Waals surface area contributed by atoms with Gasteiger partial charge in [0.1, 0.15) is 0 Å². The maximum absolute atomic E-state index is 13.7. The molecule has 0 bridgehead atoms. The van der Waals surface area contributed by atoms with Gasteiger partial charge in [0.2, 0.25) is 5.91 Å². The first kappa shape index (κ1) is 24.7. The van der Waals surface area contributed by atoms with E-state index in [1.165, 1.54) is 31.1 Å². The lowest BCUT2D eigenvalue weighted by Gasteiger charge is -2.52. The van der Waals surface area contributed by atoms with Gasteiger partial charge in [0.15, 0.2) is 34.7 Å². The number of ketones is 4.